The van der Waals surface area contributed by atoms with E-state index in [2.05, 4.69) is 32.3 Å². The second-order valence-electron chi connectivity index (χ2n) is 5.38. The molecule has 0 radical (unpaired) electrons. The van der Waals surface area contributed by atoms with Crippen molar-refractivity contribution in [3.05, 3.63) is 35.9 Å². The summed E-state index contributed by atoms with van der Waals surface area (Å²) < 4.78 is 5.28. The van der Waals surface area contributed by atoms with Gasteiger partial charge in [-0.2, -0.15) is 11.8 Å². The summed E-state index contributed by atoms with van der Waals surface area (Å²) in [6, 6.07) is 9.87. The number of ether oxygens (including phenoxy) is 1. The van der Waals surface area contributed by atoms with E-state index in [-0.39, 0.29) is 12.1 Å². The van der Waals surface area contributed by atoms with Crippen molar-refractivity contribution in [1.82, 2.24) is 5.32 Å². The molecule has 0 aliphatic carbocycles. The van der Waals surface area contributed by atoms with Gasteiger partial charge in [0.25, 0.3) is 0 Å². The zero-order chi connectivity index (χ0) is 15.0. The zero-order valence-corrected chi connectivity index (χ0v) is 13.6. The summed E-state index contributed by atoms with van der Waals surface area (Å²) in [4.78, 5) is 11.9. The molecule has 0 aliphatic heterocycles. The molecule has 2 unspecified atom stereocenters. The van der Waals surface area contributed by atoms with Crippen LogP contribution >= 0.6 is 11.8 Å². The second-order valence-corrected chi connectivity index (χ2v) is 6.60. The molecular formula is C16H25NO2S. The molecule has 1 aromatic carbocycles. The maximum absolute atomic E-state index is 11.9. The summed E-state index contributed by atoms with van der Waals surface area (Å²) in [5.74, 6) is 0.545. The summed E-state index contributed by atoms with van der Waals surface area (Å²) in [6.07, 6.45) is 2.69. The van der Waals surface area contributed by atoms with Gasteiger partial charge in [-0.3, -0.25) is 0 Å². The lowest BCUT2D eigenvalue weighted by Gasteiger charge is -2.25. The number of hydrogen-bond donors (Lipinski definition) is 1. The molecule has 0 bridgehead atoms. The van der Waals surface area contributed by atoms with Crippen molar-refractivity contribution in [2.75, 3.05) is 6.26 Å². The van der Waals surface area contributed by atoms with Gasteiger partial charge in [-0.1, -0.05) is 51.1 Å². The fraction of sp³-hybridized carbons (Fsp3) is 0.562. The molecule has 112 valence electrons. The highest BCUT2D eigenvalue weighted by atomic mass is 32.2. The van der Waals surface area contributed by atoms with Gasteiger partial charge in [0.05, 0.1) is 0 Å². The molecule has 0 fully saturated rings. The number of alkyl carbamates (subject to hydrolysis) is 1. The average Bonchev–Trinajstić information content (AvgIpc) is 2.44. The first-order valence-corrected chi connectivity index (χ1v) is 8.31. The SMILES string of the molecule is CSC(C)C(CC(C)C)NC(=O)OCc1ccccc1. The molecule has 0 aliphatic rings. The number of nitrogens with one attached hydrogen (secondary N) is 1. The molecule has 0 spiro atoms. The molecule has 0 saturated carbocycles. The summed E-state index contributed by atoms with van der Waals surface area (Å²) in [7, 11) is 0. The first kappa shape index (κ1) is 16.9. The Kier molecular flexibility index (Phi) is 7.52. The minimum Gasteiger partial charge on any atom is -0.445 e. The van der Waals surface area contributed by atoms with Crippen LogP contribution in [0.2, 0.25) is 0 Å². The minimum atomic E-state index is -0.333. The second kappa shape index (κ2) is 8.90. The Labute approximate surface area is 126 Å². The van der Waals surface area contributed by atoms with Crippen LogP contribution in [0.1, 0.15) is 32.8 Å². The lowest BCUT2D eigenvalue weighted by Crippen LogP contribution is -2.41. The van der Waals surface area contributed by atoms with Crippen LogP contribution in [0.25, 0.3) is 0 Å². The van der Waals surface area contributed by atoms with E-state index >= 15 is 0 Å². The number of benzene rings is 1. The minimum absolute atomic E-state index is 0.147. The molecule has 0 heterocycles. The van der Waals surface area contributed by atoms with Gasteiger partial charge in [0.15, 0.2) is 0 Å². The molecule has 4 heteroatoms. The van der Waals surface area contributed by atoms with Gasteiger partial charge in [0, 0.05) is 11.3 Å². The number of hydrogen-bond acceptors (Lipinski definition) is 3. The van der Waals surface area contributed by atoms with E-state index in [4.69, 9.17) is 4.74 Å². The summed E-state index contributed by atoms with van der Waals surface area (Å²) >= 11 is 1.76. The maximum atomic E-state index is 11.9. The Bertz CT molecular complexity index is 395. The summed E-state index contributed by atoms with van der Waals surface area (Å²) in [5, 5.41) is 3.36. The quantitative estimate of drug-likeness (QED) is 0.823. The highest BCUT2D eigenvalue weighted by molar-refractivity contribution is 7.99. The smallest absolute Gasteiger partial charge is 0.407 e. The standard InChI is InChI=1S/C16H25NO2S/c1-12(2)10-15(13(3)20-4)17-16(18)19-11-14-8-6-5-7-9-14/h5-9,12-13,15H,10-11H2,1-4H3,(H,17,18). The van der Waals surface area contributed by atoms with E-state index in [9.17, 15) is 4.79 Å². The molecule has 1 N–H and O–H groups in total. The fourth-order valence-electron chi connectivity index (χ4n) is 1.96. The largest absolute Gasteiger partial charge is 0.445 e. The average molecular weight is 295 g/mol. The predicted molar refractivity (Wildman–Crippen MR) is 86.0 cm³/mol. The van der Waals surface area contributed by atoms with Crippen molar-refractivity contribution >= 4 is 17.9 Å². The van der Waals surface area contributed by atoms with Gasteiger partial charge in [-0.25, -0.2) is 4.79 Å². The first-order chi connectivity index (χ1) is 9.52. The molecule has 1 rings (SSSR count). The first-order valence-electron chi connectivity index (χ1n) is 7.03. The topological polar surface area (TPSA) is 38.3 Å². The van der Waals surface area contributed by atoms with Crippen molar-refractivity contribution in [2.45, 2.75) is 45.1 Å². The van der Waals surface area contributed by atoms with Gasteiger partial charge in [0.2, 0.25) is 0 Å². The molecule has 2 atom stereocenters. The normalized spacial score (nSPS) is 13.8. The zero-order valence-electron chi connectivity index (χ0n) is 12.8. The third-order valence-corrected chi connectivity index (χ3v) is 4.25. The van der Waals surface area contributed by atoms with Crippen molar-refractivity contribution < 1.29 is 9.53 Å². The third-order valence-electron chi connectivity index (χ3n) is 3.18. The Morgan fingerprint density at radius 2 is 1.90 bits per heavy atom. The molecule has 20 heavy (non-hydrogen) atoms. The molecule has 1 aromatic rings. The van der Waals surface area contributed by atoms with Gasteiger partial charge in [0.1, 0.15) is 6.61 Å². The molecule has 1 amide bonds. The maximum Gasteiger partial charge on any atom is 0.407 e. The molecular weight excluding hydrogens is 270 g/mol. The van der Waals surface area contributed by atoms with Gasteiger partial charge >= 0.3 is 6.09 Å². The molecule has 0 saturated heterocycles. The summed E-state index contributed by atoms with van der Waals surface area (Å²) in [5.41, 5.74) is 1.00. The van der Waals surface area contributed by atoms with E-state index < -0.39 is 0 Å². The third kappa shape index (κ3) is 6.33. The van der Waals surface area contributed by atoms with E-state index in [1.807, 2.05) is 30.3 Å². The van der Waals surface area contributed by atoms with Gasteiger partial charge in [-0.15, -0.1) is 0 Å². The highest BCUT2D eigenvalue weighted by Gasteiger charge is 2.20. The number of carbonyl (C=O) groups is 1. The lowest BCUT2D eigenvalue weighted by molar-refractivity contribution is 0.134. The monoisotopic (exact) mass is 295 g/mol. The van der Waals surface area contributed by atoms with E-state index in [1.165, 1.54) is 0 Å². The van der Waals surface area contributed by atoms with Crippen LogP contribution in [0.3, 0.4) is 0 Å². The Morgan fingerprint density at radius 1 is 1.25 bits per heavy atom. The van der Waals surface area contributed by atoms with Crippen LogP contribution in [0, 0.1) is 5.92 Å². The van der Waals surface area contributed by atoms with Gasteiger partial charge < -0.3 is 10.1 Å². The molecule has 0 aromatic heterocycles. The Balaban J connectivity index is 2.45. The number of rotatable bonds is 7. The molecule has 3 nitrogen and oxygen atoms in total. The fourth-order valence-corrected chi connectivity index (χ4v) is 2.46. The number of thioether (sulfide) groups is 1. The van der Waals surface area contributed by atoms with Gasteiger partial charge in [-0.05, 0) is 24.2 Å². The van der Waals surface area contributed by atoms with Crippen molar-refractivity contribution in [1.29, 1.82) is 0 Å². The summed E-state index contributed by atoms with van der Waals surface area (Å²) in [6.45, 7) is 6.78. The van der Waals surface area contributed by atoms with E-state index in [0.717, 1.165) is 12.0 Å². The van der Waals surface area contributed by atoms with Crippen molar-refractivity contribution in [3.63, 3.8) is 0 Å². The van der Waals surface area contributed by atoms with E-state index in [1.54, 1.807) is 11.8 Å². The van der Waals surface area contributed by atoms with E-state index in [0.29, 0.717) is 17.8 Å². The van der Waals surface area contributed by atoms with Crippen LogP contribution in [-0.4, -0.2) is 23.6 Å². The number of carbonyl (C=O) groups excluding carboxylic acids is 1. The lowest BCUT2D eigenvalue weighted by atomic mass is 10.0. The number of amides is 1. The van der Waals surface area contributed by atoms with Crippen LogP contribution in [0.15, 0.2) is 30.3 Å². The Morgan fingerprint density at radius 3 is 2.45 bits per heavy atom. The van der Waals surface area contributed by atoms with Crippen LogP contribution in [-0.2, 0) is 11.3 Å². The highest BCUT2D eigenvalue weighted by Crippen LogP contribution is 2.17. The van der Waals surface area contributed by atoms with Crippen molar-refractivity contribution in [3.8, 4) is 0 Å². The van der Waals surface area contributed by atoms with Crippen LogP contribution in [0.5, 0.6) is 0 Å². The van der Waals surface area contributed by atoms with Crippen molar-refractivity contribution in [2.24, 2.45) is 5.92 Å². The Hall–Kier alpha value is -1.16. The predicted octanol–water partition coefficient (Wildman–Crippen LogP) is 4.08. The van der Waals surface area contributed by atoms with Crippen LogP contribution in [0.4, 0.5) is 4.79 Å². The van der Waals surface area contributed by atoms with Crippen LogP contribution < -0.4 is 5.32 Å².